The van der Waals surface area contributed by atoms with E-state index in [1.807, 2.05) is 29.0 Å². The third-order valence-corrected chi connectivity index (χ3v) is 4.79. The van der Waals surface area contributed by atoms with Crippen LogP contribution in [0.5, 0.6) is 0 Å². The highest BCUT2D eigenvalue weighted by Gasteiger charge is 2.12. The molecule has 0 aliphatic rings. The molecular weight excluding hydrogens is 403 g/mol. The Hall–Kier alpha value is -1.73. The summed E-state index contributed by atoms with van der Waals surface area (Å²) < 4.78 is 1.86. The standard InChI is InChI=1S/C16H11Cl3N4OS/c17-10-2-1-3-12(6-10)23-5-4-20-16(23)25-9-14(24)22-15-13(19)7-11(18)8-21-15/h1-8H,9H2,(H,21,22,24). The molecule has 2 aromatic heterocycles. The van der Waals surface area contributed by atoms with Crippen molar-refractivity contribution < 1.29 is 4.79 Å². The number of carbonyl (C=O) groups excluding carboxylic acids is 1. The van der Waals surface area contributed by atoms with Crippen molar-refractivity contribution in [2.45, 2.75) is 5.16 Å². The molecule has 0 spiro atoms. The summed E-state index contributed by atoms with van der Waals surface area (Å²) in [6.45, 7) is 0. The zero-order valence-corrected chi connectivity index (χ0v) is 15.7. The number of halogens is 3. The van der Waals surface area contributed by atoms with Gasteiger partial charge in [0.15, 0.2) is 11.0 Å². The highest BCUT2D eigenvalue weighted by atomic mass is 35.5. The van der Waals surface area contributed by atoms with Gasteiger partial charge in [-0.15, -0.1) is 0 Å². The van der Waals surface area contributed by atoms with Gasteiger partial charge < -0.3 is 5.32 Å². The number of hydrogen-bond donors (Lipinski definition) is 1. The lowest BCUT2D eigenvalue weighted by molar-refractivity contribution is -0.113. The zero-order valence-electron chi connectivity index (χ0n) is 12.6. The van der Waals surface area contributed by atoms with Gasteiger partial charge in [0, 0.05) is 29.3 Å². The second-order valence-corrected chi connectivity index (χ2v) is 7.10. The van der Waals surface area contributed by atoms with Crippen LogP contribution in [-0.2, 0) is 4.79 Å². The molecule has 3 aromatic rings. The maximum absolute atomic E-state index is 12.1. The minimum Gasteiger partial charge on any atom is -0.309 e. The number of carbonyl (C=O) groups is 1. The highest BCUT2D eigenvalue weighted by molar-refractivity contribution is 7.99. The second kappa shape index (κ2) is 8.10. The molecule has 3 rings (SSSR count). The predicted octanol–water partition coefficient (Wildman–Crippen LogP) is 4.96. The van der Waals surface area contributed by atoms with Crippen LogP contribution in [0, 0.1) is 0 Å². The molecule has 1 amide bonds. The summed E-state index contributed by atoms with van der Waals surface area (Å²) in [5.74, 6) is 0.176. The lowest BCUT2D eigenvalue weighted by Gasteiger charge is -2.08. The minimum atomic E-state index is -0.248. The van der Waals surface area contributed by atoms with E-state index in [1.54, 1.807) is 12.3 Å². The minimum absolute atomic E-state index is 0.151. The van der Waals surface area contributed by atoms with Crippen molar-refractivity contribution in [2.24, 2.45) is 0 Å². The Bertz CT molecular complexity index is 916. The van der Waals surface area contributed by atoms with Gasteiger partial charge in [0.1, 0.15) is 0 Å². The van der Waals surface area contributed by atoms with E-state index in [0.717, 1.165) is 5.69 Å². The van der Waals surface area contributed by atoms with Crippen LogP contribution in [0.4, 0.5) is 5.82 Å². The van der Waals surface area contributed by atoms with Crippen LogP contribution >= 0.6 is 46.6 Å². The molecule has 0 fully saturated rings. The molecule has 1 N–H and O–H groups in total. The average molecular weight is 414 g/mol. The molecule has 0 saturated heterocycles. The molecule has 25 heavy (non-hydrogen) atoms. The van der Waals surface area contributed by atoms with Crippen molar-refractivity contribution in [3.63, 3.8) is 0 Å². The summed E-state index contributed by atoms with van der Waals surface area (Å²) in [6.07, 6.45) is 4.89. The zero-order chi connectivity index (χ0) is 17.8. The van der Waals surface area contributed by atoms with Crippen molar-refractivity contribution >= 4 is 58.3 Å². The number of hydrogen-bond acceptors (Lipinski definition) is 4. The van der Waals surface area contributed by atoms with Gasteiger partial charge in [0.2, 0.25) is 5.91 Å². The quantitative estimate of drug-likeness (QED) is 0.601. The van der Waals surface area contributed by atoms with Gasteiger partial charge in [-0.3, -0.25) is 9.36 Å². The number of thioether (sulfide) groups is 1. The Kier molecular flexibility index (Phi) is 5.86. The van der Waals surface area contributed by atoms with Crippen LogP contribution in [0.3, 0.4) is 0 Å². The molecule has 0 saturated carbocycles. The average Bonchev–Trinajstić information content (AvgIpc) is 3.04. The molecule has 0 aliphatic heterocycles. The van der Waals surface area contributed by atoms with Gasteiger partial charge in [0.25, 0.3) is 0 Å². The Morgan fingerprint density at radius 3 is 2.76 bits per heavy atom. The van der Waals surface area contributed by atoms with E-state index in [-0.39, 0.29) is 22.5 Å². The molecule has 0 atom stereocenters. The first-order valence-corrected chi connectivity index (χ1v) is 9.18. The molecule has 5 nitrogen and oxygen atoms in total. The van der Waals surface area contributed by atoms with Crippen LogP contribution in [0.25, 0.3) is 5.69 Å². The molecule has 9 heteroatoms. The monoisotopic (exact) mass is 412 g/mol. The maximum atomic E-state index is 12.1. The number of amides is 1. The fourth-order valence-electron chi connectivity index (χ4n) is 2.02. The number of benzene rings is 1. The Morgan fingerprint density at radius 2 is 2.00 bits per heavy atom. The van der Waals surface area contributed by atoms with Crippen LogP contribution < -0.4 is 5.32 Å². The van der Waals surface area contributed by atoms with Crippen LogP contribution in [0.15, 0.2) is 54.1 Å². The predicted molar refractivity (Wildman–Crippen MR) is 102 cm³/mol. The first-order valence-electron chi connectivity index (χ1n) is 7.06. The first-order chi connectivity index (χ1) is 12.0. The second-order valence-electron chi connectivity index (χ2n) is 4.88. The number of anilines is 1. The van der Waals surface area contributed by atoms with Crippen molar-refractivity contribution in [3.8, 4) is 5.69 Å². The third-order valence-electron chi connectivity index (χ3n) is 3.09. The van der Waals surface area contributed by atoms with Gasteiger partial charge in [-0.05, 0) is 24.3 Å². The van der Waals surface area contributed by atoms with E-state index in [4.69, 9.17) is 34.8 Å². The Balaban J connectivity index is 1.66. The van der Waals surface area contributed by atoms with E-state index in [1.165, 1.54) is 24.0 Å². The van der Waals surface area contributed by atoms with Crippen LogP contribution in [0.2, 0.25) is 15.1 Å². The van der Waals surface area contributed by atoms with Crippen LogP contribution in [0.1, 0.15) is 0 Å². The smallest absolute Gasteiger partial charge is 0.236 e. The Labute approximate surface area is 163 Å². The van der Waals surface area contributed by atoms with Gasteiger partial charge >= 0.3 is 0 Å². The molecule has 2 heterocycles. The molecule has 0 bridgehead atoms. The lowest BCUT2D eigenvalue weighted by atomic mass is 10.3. The number of rotatable bonds is 5. The van der Waals surface area contributed by atoms with Crippen molar-refractivity contribution in [1.82, 2.24) is 14.5 Å². The lowest BCUT2D eigenvalue weighted by Crippen LogP contribution is -2.15. The summed E-state index contributed by atoms with van der Waals surface area (Å²) in [5, 5.41) is 4.64. The van der Waals surface area contributed by atoms with E-state index in [0.29, 0.717) is 15.2 Å². The number of aromatic nitrogens is 3. The van der Waals surface area contributed by atoms with Gasteiger partial charge in [-0.2, -0.15) is 0 Å². The number of pyridine rings is 1. The highest BCUT2D eigenvalue weighted by Crippen LogP contribution is 2.24. The molecular formula is C16H11Cl3N4OS. The summed E-state index contributed by atoms with van der Waals surface area (Å²) in [6, 6.07) is 8.91. The van der Waals surface area contributed by atoms with E-state index >= 15 is 0 Å². The molecule has 1 aromatic carbocycles. The number of nitrogens with zero attached hydrogens (tertiary/aromatic N) is 3. The fourth-order valence-corrected chi connectivity index (χ4v) is 3.41. The normalized spacial score (nSPS) is 10.7. The number of imidazole rings is 1. The summed E-state index contributed by atoms with van der Waals surface area (Å²) in [4.78, 5) is 20.4. The van der Waals surface area contributed by atoms with Crippen molar-refractivity contribution in [3.05, 3.63) is 64.0 Å². The first kappa shape index (κ1) is 18.1. The molecule has 128 valence electrons. The number of nitrogens with one attached hydrogen (secondary N) is 1. The molecule has 0 radical (unpaired) electrons. The summed E-state index contributed by atoms with van der Waals surface area (Å²) >= 11 is 19.1. The third kappa shape index (κ3) is 4.67. The van der Waals surface area contributed by atoms with Gasteiger partial charge in [0.05, 0.1) is 15.8 Å². The SMILES string of the molecule is O=C(CSc1nccn1-c1cccc(Cl)c1)Nc1ncc(Cl)cc1Cl. The maximum Gasteiger partial charge on any atom is 0.236 e. The van der Waals surface area contributed by atoms with Gasteiger partial charge in [-0.25, -0.2) is 9.97 Å². The van der Waals surface area contributed by atoms with Crippen LogP contribution in [-0.4, -0.2) is 26.2 Å². The van der Waals surface area contributed by atoms with Gasteiger partial charge in [-0.1, -0.05) is 52.6 Å². The van der Waals surface area contributed by atoms with E-state index in [2.05, 4.69) is 15.3 Å². The largest absolute Gasteiger partial charge is 0.309 e. The van der Waals surface area contributed by atoms with Crippen molar-refractivity contribution in [1.29, 1.82) is 0 Å². The van der Waals surface area contributed by atoms with E-state index < -0.39 is 0 Å². The fraction of sp³-hybridized carbons (Fsp3) is 0.0625. The van der Waals surface area contributed by atoms with E-state index in [9.17, 15) is 4.79 Å². The molecule has 0 unspecified atom stereocenters. The summed E-state index contributed by atoms with van der Waals surface area (Å²) in [5.41, 5.74) is 0.871. The molecule has 0 aliphatic carbocycles. The topological polar surface area (TPSA) is 59.8 Å². The Morgan fingerprint density at radius 1 is 1.16 bits per heavy atom. The summed E-state index contributed by atoms with van der Waals surface area (Å²) in [7, 11) is 0. The van der Waals surface area contributed by atoms with Crippen molar-refractivity contribution in [2.75, 3.05) is 11.1 Å².